The second kappa shape index (κ2) is 22.1. The Morgan fingerprint density at radius 1 is 0.716 bits per heavy atom. The summed E-state index contributed by atoms with van der Waals surface area (Å²) in [7, 11) is 0. The van der Waals surface area contributed by atoms with Gasteiger partial charge in [-0.25, -0.2) is 9.59 Å². The van der Waals surface area contributed by atoms with E-state index in [1.165, 1.54) is 24.3 Å². The molecule has 1 heterocycles. The van der Waals surface area contributed by atoms with Gasteiger partial charge in [-0.1, -0.05) is 121 Å². The number of fused-ring (bicyclic) bond motifs is 1. The number of aromatic nitrogens is 1. The molecular weight excluding hydrogens is 853 g/mol. The van der Waals surface area contributed by atoms with E-state index < -0.39 is 46.6 Å². The Balaban J connectivity index is 1.05. The molecular formula is C52H50N6O9. The van der Waals surface area contributed by atoms with Crippen LogP contribution in [0.4, 0.5) is 21.0 Å². The van der Waals surface area contributed by atoms with Gasteiger partial charge < -0.3 is 35.5 Å². The minimum atomic E-state index is -1.38. The lowest BCUT2D eigenvalue weighted by Gasteiger charge is -2.37. The number of carbonyl (C=O) groups excluding carboxylic acids is 3. The van der Waals surface area contributed by atoms with Gasteiger partial charge in [0.15, 0.2) is 0 Å². The normalized spacial score (nSPS) is 12.1. The van der Waals surface area contributed by atoms with Crippen LogP contribution in [0.15, 0.2) is 164 Å². The number of unbranched alkanes of at least 4 members (excludes halogenated alkanes) is 1. The van der Waals surface area contributed by atoms with E-state index in [9.17, 15) is 34.4 Å². The number of anilines is 1. The quantitative estimate of drug-likeness (QED) is 0.0107. The molecule has 7 aromatic rings. The van der Waals surface area contributed by atoms with Gasteiger partial charge in [-0.3, -0.25) is 25.0 Å². The van der Waals surface area contributed by atoms with Crippen molar-refractivity contribution in [3.8, 4) is 5.75 Å². The summed E-state index contributed by atoms with van der Waals surface area (Å²) in [5.74, 6) is -1.10. The number of aryl methyl sites for hydroxylation is 1. The number of nitro benzene ring substituents is 1. The van der Waals surface area contributed by atoms with Crippen LogP contribution < -0.4 is 26.0 Å². The maximum Gasteiger partial charge on any atom is 0.514 e. The summed E-state index contributed by atoms with van der Waals surface area (Å²) in [6.45, 7) is 2.42. The number of benzene rings is 6. The molecule has 1 aromatic heterocycles. The number of para-hydroxylation sites is 1. The van der Waals surface area contributed by atoms with Gasteiger partial charge >= 0.3 is 12.2 Å². The zero-order valence-corrected chi connectivity index (χ0v) is 36.6. The first kappa shape index (κ1) is 46.7. The first-order valence-corrected chi connectivity index (χ1v) is 21.8. The molecule has 342 valence electrons. The van der Waals surface area contributed by atoms with Crippen molar-refractivity contribution in [3.63, 3.8) is 0 Å². The lowest BCUT2D eigenvalue weighted by Crippen LogP contribution is -2.53. The smallest absolute Gasteiger partial charge is 0.465 e. The Labute approximate surface area is 386 Å². The van der Waals surface area contributed by atoms with Crippen LogP contribution in [0.5, 0.6) is 5.75 Å². The zero-order valence-electron chi connectivity index (χ0n) is 36.6. The van der Waals surface area contributed by atoms with Crippen molar-refractivity contribution in [3.05, 3.63) is 207 Å². The Morgan fingerprint density at radius 3 is 1.99 bits per heavy atom. The lowest BCUT2D eigenvalue weighted by atomic mass is 9.76. The Bertz CT molecular complexity index is 2740. The number of aromatic amines is 1. The van der Waals surface area contributed by atoms with Crippen molar-refractivity contribution < 1.29 is 38.7 Å². The van der Waals surface area contributed by atoms with Gasteiger partial charge in [0, 0.05) is 41.3 Å². The molecule has 67 heavy (non-hydrogen) atoms. The molecule has 0 aliphatic carbocycles. The van der Waals surface area contributed by atoms with E-state index in [0.717, 1.165) is 38.7 Å². The zero-order chi connectivity index (χ0) is 47.2. The number of nitro groups is 1. The Hall–Kier alpha value is -8.30. The summed E-state index contributed by atoms with van der Waals surface area (Å²) in [5, 5.41) is 33.5. The van der Waals surface area contributed by atoms with Crippen molar-refractivity contribution in [2.45, 2.75) is 56.8 Å². The van der Waals surface area contributed by atoms with Crippen LogP contribution in [0.2, 0.25) is 0 Å². The third-order valence-electron chi connectivity index (χ3n) is 11.4. The predicted molar refractivity (Wildman–Crippen MR) is 254 cm³/mol. The molecule has 15 heteroatoms. The molecule has 7 rings (SSSR count). The first-order chi connectivity index (χ1) is 32.5. The molecule has 0 saturated heterocycles. The number of rotatable bonds is 20. The molecule has 0 aliphatic rings. The van der Waals surface area contributed by atoms with Gasteiger partial charge in [-0.2, -0.15) is 0 Å². The number of hydrogen-bond acceptors (Lipinski definition) is 9. The maximum absolute atomic E-state index is 14.1. The number of amides is 3. The number of carboxylic acid groups (broad SMARTS) is 1. The second-order valence-corrected chi connectivity index (χ2v) is 16.0. The molecule has 0 unspecified atom stereocenters. The number of hydrogen-bond donors (Lipinski definition) is 6. The van der Waals surface area contributed by atoms with Crippen LogP contribution in [0.1, 0.15) is 52.6 Å². The summed E-state index contributed by atoms with van der Waals surface area (Å²) in [6.07, 6.45) is 0.717. The molecule has 0 radical (unpaired) electrons. The third-order valence-corrected chi connectivity index (χ3v) is 11.4. The SMILES string of the molecule is Cc1ccc(C(NCCCC[C@H](NC(=O)[C@H](Cc2c[nH]c3ccccc23)NC(=O)O)C(=O)Nc2ccc(COC(=O)Oc3ccc([N+](=O)[O-])cc3)cc2)(c2ccccc2)c2ccccc2)cc1. The number of H-pyrrole nitrogens is 1. The average Bonchev–Trinajstić information content (AvgIpc) is 3.75. The highest BCUT2D eigenvalue weighted by atomic mass is 16.7. The van der Waals surface area contributed by atoms with E-state index in [2.05, 4.69) is 81.7 Å². The number of ether oxygens (including phenoxy) is 2. The van der Waals surface area contributed by atoms with Crippen LogP contribution in [-0.2, 0) is 32.9 Å². The Morgan fingerprint density at radius 2 is 1.34 bits per heavy atom. The number of carbonyl (C=O) groups is 4. The molecule has 3 amide bonds. The second-order valence-electron chi connectivity index (χ2n) is 16.0. The molecule has 0 bridgehead atoms. The summed E-state index contributed by atoms with van der Waals surface area (Å²) in [5.41, 5.74) is 5.99. The fourth-order valence-corrected chi connectivity index (χ4v) is 7.97. The fourth-order valence-electron chi connectivity index (χ4n) is 7.97. The fraction of sp³-hybridized carbons (Fsp3) is 0.192. The van der Waals surface area contributed by atoms with Crippen molar-refractivity contribution in [2.75, 3.05) is 11.9 Å². The van der Waals surface area contributed by atoms with Crippen LogP contribution in [-0.4, -0.2) is 57.7 Å². The number of nitrogens with zero attached hydrogens (tertiary/aromatic N) is 1. The van der Waals surface area contributed by atoms with Crippen molar-refractivity contribution >= 4 is 46.3 Å². The highest BCUT2D eigenvalue weighted by Crippen LogP contribution is 2.37. The van der Waals surface area contributed by atoms with E-state index >= 15 is 0 Å². The maximum atomic E-state index is 14.1. The highest BCUT2D eigenvalue weighted by Gasteiger charge is 2.36. The minimum Gasteiger partial charge on any atom is -0.465 e. The highest BCUT2D eigenvalue weighted by molar-refractivity contribution is 5.98. The van der Waals surface area contributed by atoms with E-state index in [1.54, 1.807) is 30.5 Å². The molecule has 6 N–H and O–H groups in total. The van der Waals surface area contributed by atoms with Crippen LogP contribution in [0.25, 0.3) is 10.9 Å². The monoisotopic (exact) mass is 902 g/mol. The molecule has 15 nitrogen and oxygen atoms in total. The van der Waals surface area contributed by atoms with Crippen LogP contribution in [0.3, 0.4) is 0 Å². The van der Waals surface area contributed by atoms with Gasteiger partial charge in [0.05, 0.1) is 10.5 Å². The van der Waals surface area contributed by atoms with E-state index in [1.807, 2.05) is 60.7 Å². The van der Waals surface area contributed by atoms with Gasteiger partial charge in [0.1, 0.15) is 24.4 Å². The van der Waals surface area contributed by atoms with Crippen LogP contribution in [0, 0.1) is 17.0 Å². The average molecular weight is 903 g/mol. The summed E-state index contributed by atoms with van der Waals surface area (Å²) in [4.78, 5) is 66.0. The Kier molecular flexibility index (Phi) is 15.4. The van der Waals surface area contributed by atoms with Crippen molar-refractivity contribution in [1.29, 1.82) is 0 Å². The molecule has 6 aromatic carbocycles. The van der Waals surface area contributed by atoms with E-state index in [0.29, 0.717) is 30.6 Å². The largest absolute Gasteiger partial charge is 0.514 e. The van der Waals surface area contributed by atoms with E-state index in [-0.39, 0.29) is 30.9 Å². The van der Waals surface area contributed by atoms with Gasteiger partial charge in [0.2, 0.25) is 11.8 Å². The van der Waals surface area contributed by atoms with Gasteiger partial charge in [-0.05, 0) is 90.9 Å². The number of nitrogens with one attached hydrogen (secondary N) is 5. The number of non-ortho nitro benzene ring substituents is 1. The minimum absolute atomic E-state index is 0.0332. The summed E-state index contributed by atoms with van der Waals surface area (Å²) in [6, 6.07) is 45.6. The summed E-state index contributed by atoms with van der Waals surface area (Å²) < 4.78 is 10.3. The van der Waals surface area contributed by atoms with Gasteiger partial charge in [-0.15, -0.1) is 0 Å². The molecule has 0 fully saturated rings. The molecule has 0 aliphatic heterocycles. The standard InChI is InChI=1S/C52H50N6O9/c1-35-19-23-40(24-20-35)52(38-12-4-2-5-13-38,39-14-6-3-7-15-39)54-31-11-10-18-46(56-49(60)47(57-50(61)62)32-37-33-53-45-17-9-8-16-44(37)45)48(59)55-41-25-21-36(22-26-41)34-66-51(63)67-43-29-27-42(28-30-43)58(64)65/h2-9,12-17,19-30,33,46-47,53-54,57H,10-11,18,31-32,34H2,1H3,(H,55,59)(H,56,60)(H,61,62)/t46-,47-/m0/s1. The summed E-state index contributed by atoms with van der Waals surface area (Å²) >= 11 is 0. The van der Waals surface area contributed by atoms with Crippen LogP contribution >= 0.6 is 0 Å². The predicted octanol–water partition coefficient (Wildman–Crippen LogP) is 9.15. The molecule has 0 saturated carbocycles. The topological polar surface area (TPSA) is 214 Å². The van der Waals surface area contributed by atoms with Crippen molar-refractivity contribution in [1.82, 2.24) is 20.9 Å². The third kappa shape index (κ3) is 12.1. The van der Waals surface area contributed by atoms with Gasteiger partial charge in [0.25, 0.3) is 5.69 Å². The van der Waals surface area contributed by atoms with E-state index in [4.69, 9.17) is 9.47 Å². The molecule has 0 spiro atoms. The lowest BCUT2D eigenvalue weighted by molar-refractivity contribution is -0.384. The first-order valence-electron chi connectivity index (χ1n) is 21.8. The van der Waals surface area contributed by atoms with Crippen molar-refractivity contribution in [2.24, 2.45) is 0 Å². The molecule has 2 atom stereocenters.